The highest BCUT2D eigenvalue weighted by molar-refractivity contribution is 6.32. The molecule has 1 aliphatic rings. The fourth-order valence-corrected chi connectivity index (χ4v) is 2.37. The molecular weight excluding hydrogens is 236 g/mol. The van der Waals surface area contributed by atoms with Gasteiger partial charge in [-0.15, -0.1) is 0 Å². The lowest BCUT2D eigenvalue weighted by molar-refractivity contribution is 0.323. The molecule has 0 saturated carbocycles. The van der Waals surface area contributed by atoms with Gasteiger partial charge < -0.3 is 10.2 Å². The second-order valence-corrected chi connectivity index (χ2v) is 5.21. The number of piperidine rings is 1. The van der Waals surface area contributed by atoms with Gasteiger partial charge in [0.05, 0.1) is 6.20 Å². The quantitative estimate of drug-likeness (QED) is 0.881. The summed E-state index contributed by atoms with van der Waals surface area (Å²) in [6.07, 6.45) is 2.86. The Balaban J connectivity index is 2.21. The van der Waals surface area contributed by atoms with Crippen LogP contribution in [0.1, 0.15) is 20.3 Å². The second kappa shape index (κ2) is 5.08. The highest BCUT2D eigenvalue weighted by Gasteiger charge is 2.25. The van der Waals surface area contributed by atoms with E-state index in [2.05, 4.69) is 34.0 Å². The topological polar surface area (TPSA) is 41.1 Å². The van der Waals surface area contributed by atoms with Crippen molar-refractivity contribution in [1.29, 1.82) is 0 Å². The first-order valence-corrected chi connectivity index (χ1v) is 6.45. The monoisotopic (exact) mass is 254 g/mol. The predicted molar refractivity (Wildman–Crippen MR) is 71.7 cm³/mol. The lowest BCUT2D eigenvalue weighted by atomic mass is 9.89. The first-order valence-electron chi connectivity index (χ1n) is 6.07. The Morgan fingerprint density at radius 2 is 2.18 bits per heavy atom. The summed E-state index contributed by atoms with van der Waals surface area (Å²) in [7, 11) is 1.81. The van der Waals surface area contributed by atoms with Gasteiger partial charge in [0.25, 0.3) is 0 Å². The Morgan fingerprint density at radius 3 is 2.82 bits per heavy atom. The van der Waals surface area contributed by atoms with Crippen LogP contribution < -0.4 is 10.2 Å². The zero-order valence-electron chi connectivity index (χ0n) is 10.6. The number of aromatic nitrogens is 2. The van der Waals surface area contributed by atoms with Crippen LogP contribution in [0.2, 0.25) is 5.02 Å². The van der Waals surface area contributed by atoms with Crippen LogP contribution in [-0.4, -0.2) is 30.1 Å². The van der Waals surface area contributed by atoms with E-state index in [-0.39, 0.29) is 0 Å². The fourth-order valence-electron chi connectivity index (χ4n) is 2.16. The molecule has 1 N–H and O–H groups in total. The summed E-state index contributed by atoms with van der Waals surface area (Å²) >= 11 is 6.18. The predicted octanol–water partition coefficient (Wildman–Crippen LogP) is 2.65. The van der Waals surface area contributed by atoms with E-state index in [0.29, 0.717) is 16.9 Å². The average Bonchev–Trinajstić information content (AvgIpc) is 2.33. The van der Waals surface area contributed by atoms with Gasteiger partial charge in [0, 0.05) is 20.1 Å². The van der Waals surface area contributed by atoms with E-state index in [1.165, 1.54) is 6.42 Å². The van der Waals surface area contributed by atoms with E-state index in [1.54, 1.807) is 6.20 Å². The van der Waals surface area contributed by atoms with Crippen molar-refractivity contribution >= 4 is 23.4 Å². The first-order chi connectivity index (χ1) is 8.11. The Labute approximate surface area is 107 Å². The van der Waals surface area contributed by atoms with Gasteiger partial charge >= 0.3 is 0 Å². The number of hydrogen-bond donors (Lipinski definition) is 1. The van der Waals surface area contributed by atoms with Gasteiger partial charge in [0.1, 0.15) is 5.02 Å². The fraction of sp³-hybridized carbons (Fsp3) is 0.667. The lowest BCUT2D eigenvalue weighted by Crippen LogP contribution is -2.39. The first kappa shape index (κ1) is 12.4. The van der Waals surface area contributed by atoms with Gasteiger partial charge in [0.15, 0.2) is 5.82 Å². The van der Waals surface area contributed by atoms with Gasteiger partial charge in [-0.1, -0.05) is 25.4 Å². The van der Waals surface area contributed by atoms with Crippen molar-refractivity contribution in [2.45, 2.75) is 20.3 Å². The van der Waals surface area contributed by atoms with Crippen molar-refractivity contribution in [1.82, 2.24) is 9.97 Å². The van der Waals surface area contributed by atoms with Crippen LogP contribution in [0.4, 0.5) is 11.8 Å². The molecule has 1 fully saturated rings. The maximum atomic E-state index is 6.18. The maximum Gasteiger partial charge on any atom is 0.224 e. The molecule has 0 aromatic carbocycles. The largest absolute Gasteiger partial charge is 0.357 e. The van der Waals surface area contributed by atoms with E-state index in [9.17, 15) is 0 Å². The minimum absolute atomic E-state index is 0.621. The summed E-state index contributed by atoms with van der Waals surface area (Å²) in [4.78, 5) is 10.8. The van der Waals surface area contributed by atoms with E-state index in [1.807, 2.05) is 7.05 Å². The van der Waals surface area contributed by atoms with Gasteiger partial charge in [-0.3, -0.25) is 0 Å². The van der Waals surface area contributed by atoms with Crippen LogP contribution >= 0.6 is 11.6 Å². The molecule has 0 amide bonds. The molecule has 5 heteroatoms. The maximum absolute atomic E-state index is 6.18. The van der Waals surface area contributed by atoms with Crippen LogP contribution in [0.3, 0.4) is 0 Å². The highest BCUT2D eigenvalue weighted by Crippen LogP contribution is 2.30. The van der Waals surface area contributed by atoms with Crippen LogP contribution in [0.15, 0.2) is 6.20 Å². The minimum Gasteiger partial charge on any atom is -0.357 e. The SMILES string of the molecule is CNc1ncc(Cl)c(N2CCC(C)C(C)C2)n1. The van der Waals surface area contributed by atoms with Crippen LogP contribution in [0, 0.1) is 11.8 Å². The van der Waals surface area contributed by atoms with Crippen molar-refractivity contribution in [3.8, 4) is 0 Å². The van der Waals surface area contributed by atoms with Crippen molar-refractivity contribution in [3.63, 3.8) is 0 Å². The van der Waals surface area contributed by atoms with Crippen LogP contribution in [0.5, 0.6) is 0 Å². The molecule has 0 spiro atoms. The Kier molecular flexibility index (Phi) is 3.72. The molecule has 0 radical (unpaired) electrons. The second-order valence-electron chi connectivity index (χ2n) is 4.80. The molecule has 2 heterocycles. The van der Waals surface area contributed by atoms with Gasteiger partial charge in [-0.25, -0.2) is 4.98 Å². The third-order valence-electron chi connectivity index (χ3n) is 3.58. The molecule has 0 aliphatic carbocycles. The molecule has 94 valence electrons. The Morgan fingerprint density at radius 1 is 1.41 bits per heavy atom. The average molecular weight is 255 g/mol. The number of anilines is 2. The molecule has 1 aliphatic heterocycles. The summed E-state index contributed by atoms with van der Waals surface area (Å²) < 4.78 is 0. The highest BCUT2D eigenvalue weighted by atomic mass is 35.5. The number of halogens is 1. The van der Waals surface area contributed by atoms with Crippen molar-refractivity contribution < 1.29 is 0 Å². The van der Waals surface area contributed by atoms with Gasteiger partial charge in [0.2, 0.25) is 5.95 Å². The number of nitrogens with zero attached hydrogens (tertiary/aromatic N) is 3. The molecule has 2 unspecified atom stereocenters. The summed E-state index contributed by atoms with van der Waals surface area (Å²) in [6.45, 7) is 6.62. The zero-order chi connectivity index (χ0) is 12.4. The number of rotatable bonds is 2. The van der Waals surface area contributed by atoms with E-state index in [4.69, 9.17) is 11.6 Å². The third-order valence-corrected chi connectivity index (χ3v) is 3.85. The van der Waals surface area contributed by atoms with Crippen molar-refractivity contribution in [3.05, 3.63) is 11.2 Å². The zero-order valence-corrected chi connectivity index (χ0v) is 11.3. The molecule has 2 atom stereocenters. The molecule has 1 aromatic heterocycles. The van der Waals surface area contributed by atoms with Gasteiger partial charge in [-0.05, 0) is 18.3 Å². The van der Waals surface area contributed by atoms with Crippen LogP contribution in [-0.2, 0) is 0 Å². The van der Waals surface area contributed by atoms with Crippen LogP contribution in [0.25, 0.3) is 0 Å². The van der Waals surface area contributed by atoms with Gasteiger partial charge in [-0.2, -0.15) is 4.98 Å². The molecule has 1 saturated heterocycles. The Bertz CT molecular complexity index is 396. The molecule has 0 bridgehead atoms. The molecule has 1 aromatic rings. The third kappa shape index (κ3) is 2.63. The Hall–Kier alpha value is -1.03. The standard InChI is InChI=1S/C12H19ClN4/c1-8-4-5-17(7-9(8)2)11-10(13)6-15-12(14-3)16-11/h6,8-9H,4-5,7H2,1-3H3,(H,14,15,16). The summed E-state index contributed by atoms with van der Waals surface area (Å²) in [6, 6.07) is 0. The minimum atomic E-state index is 0.621. The van der Waals surface area contributed by atoms with E-state index in [0.717, 1.165) is 24.8 Å². The number of nitrogens with one attached hydrogen (secondary N) is 1. The summed E-state index contributed by atoms with van der Waals surface area (Å²) in [5.41, 5.74) is 0. The normalized spacial score (nSPS) is 24.8. The molecule has 2 rings (SSSR count). The molecule has 17 heavy (non-hydrogen) atoms. The smallest absolute Gasteiger partial charge is 0.224 e. The van der Waals surface area contributed by atoms with Crippen molar-refractivity contribution in [2.75, 3.05) is 30.4 Å². The summed E-state index contributed by atoms with van der Waals surface area (Å²) in [5.74, 6) is 2.92. The molecule has 4 nitrogen and oxygen atoms in total. The lowest BCUT2D eigenvalue weighted by Gasteiger charge is -2.36. The van der Waals surface area contributed by atoms with E-state index < -0.39 is 0 Å². The molecular formula is C12H19ClN4. The van der Waals surface area contributed by atoms with E-state index >= 15 is 0 Å². The summed E-state index contributed by atoms with van der Waals surface area (Å²) in [5, 5.41) is 3.58. The van der Waals surface area contributed by atoms with Crippen molar-refractivity contribution in [2.24, 2.45) is 11.8 Å². The number of hydrogen-bond acceptors (Lipinski definition) is 4.